The van der Waals surface area contributed by atoms with Crippen LogP contribution in [0, 0.1) is 5.41 Å². The molecule has 0 unspecified atom stereocenters. The minimum Gasteiger partial charge on any atom is -0.280 e. The summed E-state index contributed by atoms with van der Waals surface area (Å²) in [5.74, 6) is 0.137. The van der Waals surface area contributed by atoms with Gasteiger partial charge in [0.1, 0.15) is 5.70 Å². The van der Waals surface area contributed by atoms with Crippen molar-refractivity contribution in [2.75, 3.05) is 0 Å². The van der Waals surface area contributed by atoms with Gasteiger partial charge in [-0.05, 0) is 42.8 Å². The van der Waals surface area contributed by atoms with Crippen molar-refractivity contribution in [1.82, 2.24) is 0 Å². The van der Waals surface area contributed by atoms with E-state index in [4.69, 9.17) is 28.6 Å². The summed E-state index contributed by atoms with van der Waals surface area (Å²) in [6, 6.07) is 14.9. The molecule has 0 aromatic heterocycles. The summed E-state index contributed by atoms with van der Waals surface area (Å²) < 4.78 is 0. The van der Waals surface area contributed by atoms with E-state index in [9.17, 15) is 0 Å². The zero-order valence-corrected chi connectivity index (χ0v) is 15.1. The van der Waals surface area contributed by atoms with Crippen molar-refractivity contribution in [3.63, 3.8) is 0 Å². The number of benzene rings is 2. The summed E-state index contributed by atoms with van der Waals surface area (Å²) in [6.07, 6.45) is 1.91. The number of nitrogens with one attached hydrogen (secondary N) is 1. The van der Waals surface area contributed by atoms with Crippen LogP contribution >= 0.6 is 35.0 Å². The standard InChI is InChI=1S/C18H13Cl2N3S/c1-11-17(13-4-8-15(20)9-5-13)22-23-18(21)16(24-11)10-12-2-6-14(19)7-3-12/h2-10,21H,1H3/b16-10-,21-18?. The summed E-state index contributed by atoms with van der Waals surface area (Å²) in [4.78, 5) is 1.71. The highest BCUT2D eigenvalue weighted by Gasteiger charge is 2.16. The Balaban J connectivity index is 1.96. The van der Waals surface area contributed by atoms with Gasteiger partial charge in [-0.15, -0.1) is 10.2 Å². The molecule has 1 heterocycles. The molecule has 3 rings (SSSR count). The normalized spacial score (nSPS) is 16.6. The summed E-state index contributed by atoms with van der Waals surface area (Å²) in [6.45, 7) is 1.97. The predicted molar refractivity (Wildman–Crippen MR) is 104 cm³/mol. The molecule has 2 aromatic carbocycles. The van der Waals surface area contributed by atoms with E-state index in [-0.39, 0.29) is 5.84 Å². The van der Waals surface area contributed by atoms with Crippen LogP contribution in [0.25, 0.3) is 11.8 Å². The molecule has 1 N–H and O–H groups in total. The van der Waals surface area contributed by atoms with Gasteiger partial charge in [0.15, 0.2) is 5.84 Å². The van der Waals surface area contributed by atoms with E-state index in [1.165, 1.54) is 11.8 Å². The topological polar surface area (TPSA) is 48.6 Å². The van der Waals surface area contributed by atoms with Crippen LogP contribution in [0.15, 0.2) is 68.6 Å². The molecule has 0 aliphatic carbocycles. The molecule has 0 bridgehead atoms. The average Bonchev–Trinajstić information content (AvgIpc) is 2.70. The molecule has 1 aliphatic rings. The lowest BCUT2D eigenvalue weighted by molar-refractivity contribution is 1.25. The molecule has 0 spiro atoms. The molecule has 24 heavy (non-hydrogen) atoms. The van der Waals surface area contributed by atoms with Crippen LogP contribution in [0.5, 0.6) is 0 Å². The van der Waals surface area contributed by atoms with Gasteiger partial charge in [-0.3, -0.25) is 5.41 Å². The first-order valence-corrected chi connectivity index (χ1v) is 8.73. The van der Waals surface area contributed by atoms with E-state index in [0.29, 0.717) is 10.0 Å². The summed E-state index contributed by atoms with van der Waals surface area (Å²) in [5, 5.41) is 17.8. The Morgan fingerprint density at radius 1 is 0.917 bits per heavy atom. The van der Waals surface area contributed by atoms with Crippen LogP contribution in [0.3, 0.4) is 0 Å². The van der Waals surface area contributed by atoms with Gasteiger partial charge >= 0.3 is 0 Å². The number of rotatable bonds is 2. The van der Waals surface area contributed by atoms with Crippen molar-refractivity contribution in [2.45, 2.75) is 6.92 Å². The van der Waals surface area contributed by atoms with Crippen molar-refractivity contribution in [3.8, 4) is 0 Å². The Morgan fingerprint density at radius 3 is 2.12 bits per heavy atom. The zero-order valence-electron chi connectivity index (χ0n) is 12.8. The quantitative estimate of drug-likeness (QED) is 0.611. The second-order valence-corrected chi connectivity index (χ2v) is 7.25. The minimum absolute atomic E-state index is 0.137. The van der Waals surface area contributed by atoms with Gasteiger partial charge in [0.2, 0.25) is 0 Å². The molecule has 0 saturated carbocycles. The van der Waals surface area contributed by atoms with E-state index >= 15 is 0 Å². The number of allylic oxidation sites excluding steroid dienone is 1. The maximum atomic E-state index is 8.13. The molecule has 120 valence electrons. The largest absolute Gasteiger partial charge is 0.280 e. The number of hydrogen-bond acceptors (Lipinski definition) is 3. The molecule has 6 heteroatoms. The highest BCUT2D eigenvalue weighted by atomic mass is 35.5. The van der Waals surface area contributed by atoms with Crippen LogP contribution in [0.4, 0.5) is 0 Å². The summed E-state index contributed by atoms with van der Waals surface area (Å²) in [5.41, 5.74) is 2.64. The second-order valence-electron chi connectivity index (χ2n) is 5.12. The minimum atomic E-state index is 0.137. The monoisotopic (exact) mass is 373 g/mol. The van der Waals surface area contributed by atoms with Crippen molar-refractivity contribution < 1.29 is 0 Å². The molecule has 0 radical (unpaired) electrons. The zero-order chi connectivity index (χ0) is 17.1. The Morgan fingerprint density at radius 2 is 1.50 bits per heavy atom. The number of amidine groups is 1. The molecule has 1 aliphatic heterocycles. The van der Waals surface area contributed by atoms with Gasteiger partial charge in [-0.25, -0.2) is 0 Å². The van der Waals surface area contributed by atoms with E-state index in [1.54, 1.807) is 0 Å². The van der Waals surface area contributed by atoms with Gasteiger partial charge in [-0.2, -0.15) is 0 Å². The lowest BCUT2D eigenvalue weighted by atomic mass is 10.1. The Hall–Kier alpha value is -1.88. The number of halogens is 2. The maximum Gasteiger partial charge on any atom is 0.181 e. The van der Waals surface area contributed by atoms with E-state index < -0.39 is 0 Å². The molecule has 3 nitrogen and oxygen atoms in total. The maximum absolute atomic E-state index is 8.13. The van der Waals surface area contributed by atoms with Gasteiger partial charge in [0.25, 0.3) is 0 Å². The van der Waals surface area contributed by atoms with Crippen molar-refractivity contribution in [3.05, 3.63) is 79.5 Å². The van der Waals surface area contributed by atoms with Crippen LogP contribution in [0.1, 0.15) is 18.1 Å². The molecular weight excluding hydrogens is 361 g/mol. The third kappa shape index (κ3) is 3.96. The fourth-order valence-electron chi connectivity index (χ4n) is 2.16. The lowest BCUT2D eigenvalue weighted by Gasteiger charge is -2.06. The summed E-state index contributed by atoms with van der Waals surface area (Å²) >= 11 is 13.3. The highest BCUT2D eigenvalue weighted by molar-refractivity contribution is 8.07. The predicted octanol–water partition coefficient (Wildman–Crippen LogP) is 6.90. The molecule has 0 amide bonds. The van der Waals surface area contributed by atoms with Crippen LogP contribution < -0.4 is 0 Å². The van der Waals surface area contributed by atoms with E-state index in [2.05, 4.69) is 10.2 Å². The fourth-order valence-corrected chi connectivity index (χ4v) is 3.33. The van der Waals surface area contributed by atoms with Crippen LogP contribution in [0.2, 0.25) is 10.0 Å². The number of nitrogens with zero attached hydrogens (tertiary/aromatic N) is 2. The smallest absolute Gasteiger partial charge is 0.181 e. The molecule has 2 aromatic rings. The van der Waals surface area contributed by atoms with Crippen LogP contribution in [-0.2, 0) is 0 Å². The molecule has 0 saturated heterocycles. The second kappa shape index (κ2) is 7.34. The number of azo groups is 1. The van der Waals surface area contributed by atoms with Crippen molar-refractivity contribution in [2.24, 2.45) is 10.2 Å². The van der Waals surface area contributed by atoms with E-state index in [0.717, 1.165) is 26.6 Å². The van der Waals surface area contributed by atoms with Gasteiger partial charge in [0, 0.05) is 20.5 Å². The molecule has 0 fully saturated rings. The Bertz CT molecular complexity index is 866. The average molecular weight is 374 g/mol. The first-order valence-electron chi connectivity index (χ1n) is 7.15. The number of hydrogen-bond donors (Lipinski definition) is 1. The lowest BCUT2D eigenvalue weighted by Crippen LogP contribution is -1.91. The first kappa shape index (κ1) is 17.0. The Labute approximate surface area is 154 Å². The van der Waals surface area contributed by atoms with E-state index in [1.807, 2.05) is 61.5 Å². The third-order valence-corrected chi connectivity index (χ3v) is 4.90. The summed E-state index contributed by atoms with van der Waals surface area (Å²) in [7, 11) is 0. The molecular formula is C18H13Cl2N3S. The fraction of sp³-hybridized carbons (Fsp3) is 0.0556. The highest BCUT2D eigenvalue weighted by Crippen LogP contribution is 2.37. The van der Waals surface area contributed by atoms with Gasteiger partial charge in [-0.1, -0.05) is 59.2 Å². The third-order valence-electron chi connectivity index (χ3n) is 3.37. The molecule has 0 atom stereocenters. The number of thioether (sulfide) groups is 1. The Kier molecular flexibility index (Phi) is 5.19. The SMILES string of the molecule is CC1=C(c2ccc(Cl)cc2)N=NC(=N)/C(=C/c2ccc(Cl)cc2)S1. The van der Waals surface area contributed by atoms with Crippen molar-refractivity contribution >= 4 is 52.6 Å². The van der Waals surface area contributed by atoms with Crippen molar-refractivity contribution in [1.29, 1.82) is 5.41 Å². The van der Waals surface area contributed by atoms with Crippen LogP contribution in [-0.4, -0.2) is 5.84 Å². The first-order chi connectivity index (χ1) is 11.5. The van der Waals surface area contributed by atoms with Gasteiger partial charge < -0.3 is 0 Å². The van der Waals surface area contributed by atoms with Gasteiger partial charge in [0.05, 0.1) is 4.91 Å².